The van der Waals surface area contributed by atoms with Crippen LogP contribution < -0.4 is 10.7 Å². The lowest BCUT2D eigenvalue weighted by Crippen LogP contribution is -2.39. The molecule has 1 aromatic carbocycles. The lowest BCUT2D eigenvalue weighted by Gasteiger charge is -2.13. The smallest absolute Gasteiger partial charge is 0.339 e. The van der Waals surface area contributed by atoms with E-state index in [1.165, 1.54) is 23.2 Å². The lowest BCUT2D eigenvalue weighted by molar-refractivity contribution is 0.0694. The number of carbonyl (C=O) groups excluding carboxylic acids is 1. The van der Waals surface area contributed by atoms with E-state index in [4.69, 9.17) is 5.11 Å². The van der Waals surface area contributed by atoms with Gasteiger partial charge in [-0.3, -0.25) is 5.43 Å². The summed E-state index contributed by atoms with van der Waals surface area (Å²) in [6.07, 6.45) is 0. The van der Waals surface area contributed by atoms with Crippen LogP contribution in [0.3, 0.4) is 0 Å². The molecule has 2 amide bonds. The van der Waals surface area contributed by atoms with Crippen molar-refractivity contribution in [2.75, 3.05) is 19.4 Å². The summed E-state index contributed by atoms with van der Waals surface area (Å²) < 4.78 is 0. The lowest BCUT2D eigenvalue weighted by atomic mass is 10.2. The van der Waals surface area contributed by atoms with Crippen LogP contribution in [0.15, 0.2) is 18.2 Å². The molecule has 0 aliphatic rings. The van der Waals surface area contributed by atoms with E-state index < -0.39 is 17.7 Å². The Morgan fingerprint density at radius 2 is 1.94 bits per heavy atom. The molecule has 4 N–H and O–H groups in total. The third-order valence-electron chi connectivity index (χ3n) is 1.81. The molecule has 0 aliphatic heterocycles. The largest absolute Gasteiger partial charge is 0.507 e. The van der Waals surface area contributed by atoms with Crippen LogP contribution in [0.1, 0.15) is 10.4 Å². The summed E-state index contributed by atoms with van der Waals surface area (Å²) in [4.78, 5) is 21.9. The number of urea groups is 1. The van der Waals surface area contributed by atoms with E-state index >= 15 is 0 Å². The fraction of sp³-hybridized carbons (Fsp3) is 0.200. The summed E-state index contributed by atoms with van der Waals surface area (Å²) in [5.41, 5.74) is 2.51. The Morgan fingerprint density at radius 1 is 1.29 bits per heavy atom. The minimum atomic E-state index is -1.23. The second-order valence-corrected chi connectivity index (χ2v) is 3.50. The molecule has 0 aliphatic carbocycles. The fourth-order valence-electron chi connectivity index (χ4n) is 1.15. The summed E-state index contributed by atoms with van der Waals surface area (Å²) in [5.74, 6) is -1.63. The second kappa shape index (κ2) is 5.17. The van der Waals surface area contributed by atoms with Crippen molar-refractivity contribution in [1.82, 2.24) is 10.4 Å². The maximum Gasteiger partial charge on any atom is 0.339 e. The van der Waals surface area contributed by atoms with E-state index in [0.717, 1.165) is 0 Å². The normalized spacial score (nSPS) is 10.1. The number of carboxylic acid groups (broad SMARTS) is 1. The minimum absolute atomic E-state index is 0.219. The van der Waals surface area contributed by atoms with Gasteiger partial charge in [-0.2, -0.15) is 0 Å². The molecule has 0 bridgehead atoms. The molecule has 1 aromatic rings. The third kappa shape index (κ3) is 3.65. The van der Waals surface area contributed by atoms with E-state index in [0.29, 0.717) is 5.69 Å². The molecule has 7 nitrogen and oxygen atoms in total. The standard InChI is InChI=1S/C10H13N3O4/c1-13(2)12-10(17)11-6-3-4-7(9(15)16)8(14)5-6/h3-5,14H,1-2H3,(H,15,16)(H2,11,12,17). The molecule has 0 spiro atoms. The number of rotatable bonds is 3. The van der Waals surface area contributed by atoms with Gasteiger partial charge in [-0.05, 0) is 12.1 Å². The Bertz CT molecular complexity index is 445. The van der Waals surface area contributed by atoms with Crippen molar-refractivity contribution < 1.29 is 19.8 Å². The van der Waals surface area contributed by atoms with Crippen molar-refractivity contribution >= 4 is 17.7 Å². The molecular formula is C10H13N3O4. The van der Waals surface area contributed by atoms with Crippen LogP contribution in [0, 0.1) is 0 Å². The Labute approximate surface area is 97.6 Å². The number of nitrogens with one attached hydrogen (secondary N) is 2. The molecular weight excluding hydrogens is 226 g/mol. The number of aromatic hydroxyl groups is 1. The molecule has 0 atom stereocenters. The number of carbonyl (C=O) groups is 2. The van der Waals surface area contributed by atoms with Gasteiger partial charge in [0.15, 0.2) is 0 Å². The first kappa shape index (κ1) is 12.8. The number of anilines is 1. The maximum atomic E-state index is 11.3. The average Bonchev–Trinajstić information content (AvgIpc) is 2.15. The zero-order valence-corrected chi connectivity index (χ0v) is 9.39. The Morgan fingerprint density at radius 3 is 2.41 bits per heavy atom. The molecule has 7 heteroatoms. The second-order valence-electron chi connectivity index (χ2n) is 3.50. The highest BCUT2D eigenvalue weighted by atomic mass is 16.4. The highest BCUT2D eigenvalue weighted by molar-refractivity contribution is 5.93. The molecule has 0 saturated carbocycles. The molecule has 0 saturated heterocycles. The van der Waals surface area contributed by atoms with Crippen molar-refractivity contribution in [3.63, 3.8) is 0 Å². The Hall–Kier alpha value is -2.28. The van der Waals surface area contributed by atoms with Crippen molar-refractivity contribution in [3.8, 4) is 5.75 Å². The highest BCUT2D eigenvalue weighted by Crippen LogP contribution is 2.21. The van der Waals surface area contributed by atoms with Crippen LogP contribution in [0.5, 0.6) is 5.75 Å². The van der Waals surface area contributed by atoms with Gasteiger partial charge in [-0.1, -0.05) is 0 Å². The first-order chi connectivity index (χ1) is 7.90. The number of nitrogens with zero attached hydrogens (tertiary/aromatic N) is 1. The van der Waals surface area contributed by atoms with Gasteiger partial charge in [0.2, 0.25) is 0 Å². The van der Waals surface area contributed by atoms with Crippen LogP contribution in [0.4, 0.5) is 10.5 Å². The third-order valence-corrected chi connectivity index (χ3v) is 1.81. The monoisotopic (exact) mass is 239 g/mol. The minimum Gasteiger partial charge on any atom is -0.507 e. The molecule has 0 radical (unpaired) electrons. The van der Waals surface area contributed by atoms with E-state index in [1.807, 2.05) is 0 Å². The first-order valence-corrected chi connectivity index (χ1v) is 4.71. The predicted octanol–water partition coefficient (Wildman–Crippen LogP) is 0.689. The van der Waals surface area contributed by atoms with Gasteiger partial charge in [0, 0.05) is 25.8 Å². The molecule has 0 heterocycles. The molecule has 0 aromatic heterocycles. The predicted molar refractivity (Wildman–Crippen MR) is 60.9 cm³/mol. The molecule has 17 heavy (non-hydrogen) atoms. The van der Waals surface area contributed by atoms with Crippen LogP contribution >= 0.6 is 0 Å². The summed E-state index contributed by atoms with van der Waals surface area (Å²) in [6.45, 7) is 0. The van der Waals surface area contributed by atoms with Crippen molar-refractivity contribution in [2.45, 2.75) is 0 Å². The average molecular weight is 239 g/mol. The summed E-state index contributed by atoms with van der Waals surface area (Å²) >= 11 is 0. The van der Waals surface area contributed by atoms with Gasteiger partial charge >= 0.3 is 12.0 Å². The van der Waals surface area contributed by atoms with E-state index in [-0.39, 0.29) is 5.56 Å². The van der Waals surface area contributed by atoms with E-state index in [1.54, 1.807) is 14.1 Å². The van der Waals surface area contributed by atoms with Crippen molar-refractivity contribution in [1.29, 1.82) is 0 Å². The van der Waals surface area contributed by atoms with Crippen LogP contribution in [0.2, 0.25) is 0 Å². The summed E-state index contributed by atoms with van der Waals surface area (Å²) in [5, 5.41) is 22.0. The zero-order chi connectivity index (χ0) is 13.0. The molecule has 1 rings (SSSR count). The summed E-state index contributed by atoms with van der Waals surface area (Å²) in [6, 6.07) is 3.28. The fourth-order valence-corrected chi connectivity index (χ4v) is 1.15. The number of aromatic carboxylic acids is 1. The topological polar surface area (TPSA) is 102 Å². The maximum absolute atomic E-state index is 11.3. The Balaban J connectivity index is 2.77. The van der Waals surface area contributed by atoms with Gasteiger partial charge in [-0.15, -0.1) is 0 Å². The number of hydrogen-bond acceptors (Lipinski definition) is 4. The number of phenols is 1. The number of hydrazine groups is 1. The number of amides is 2. The van der Waals surface area contributed by atoms with Crippen LogP contribution in [0.25, 0.3) is 0 Å². The van der Waals surface area contributed by atoms with Gasteiger partial charge in [0.1, 0.15) is 11.3 Å². The van der Waals surface area contributed by atoms with Crippen molar-refractivity contribution in [2.24, 2.45) is 0 Å². The van der Waals surface area contributed by atoms with Gasteiger partial charge in [0.05, 0.1) is 0 Å². The van der Waals surface area contributed by atoms with E-state index in [9.17, 15) is 14.7 Å². The first-order valence-electron chi connectivity index (χ1n) is 4.71. The molecule has 92 valence electrons. The quantitative estimate of drug-likeness (QED) is 0.581. The van der Waals surface area contributed by atoms with Gasteiger partial charge in [-0.25, -0.2) is 14.6 Å². The van der Waals surface area contributed by atoms with Gasteiger partial charge < -0.3 is 15.5 Å². The van der Waals surface area contributed by atoms with E-state index in [2.05, 4.69) is 10.7 Å². The van der Waals surface area contributed by atoms with Crippen LogP contribution in [-0.2, 0) is 0 Å². The number of carboxylic acids is 1. The zero-order valence-electron chi connectivity index (χ0n) is 9.39. The SMILES string of the molecule is CN(C)NC(=O)Nc1ccc(C(=O)O)c(O)c1. The Kier molecular flexibility index (Phi) is 3.89. The number of hydrogen-bond donors (Lipinski definition) is 4. The highest BCUT2D eigenvalue weighted by Gasteiger charge is 2.10. The molecule has 0 unspecified atom stereocenters. The van der Waals surface area contributed by atoms with Crippen LogP contribution in [-0.4, -0.2) is 41.3 Å². The van der Waals surface area contributed by atoms with Gasteiger partial charge in [0.25, 0.3) is 0 Å². The number of benzene rings is 1. The van der Waals surface area contributed by atoms with Crippen molar-refractivity contribution in [3.05, 3.63) is 23.8 Å². The summed E-state index contributed by atoms with van der Waals surface area (Å²) in [7, 11) is 3.29. The molecule has 0 fully saturated rings.